The molecule has 0 N–H and O–H groups in total. The number of fused-ring (bicyclic) bond motifs is 6. The van der Waals surface area contributed by atoms with Crippen molar-refractivity contribution < 1.29 is 20.0 Å². The maximum Gasteiger partial charge on any atom is -0.147 e. The van der Waals surface area contributed by atoms with Crippen molar-refractivity contribution in [3.63, 3.8) is 0 Å². The van der Waals surface area contributed by atoms with Gasteiger partial charge in [0.2, 0.25) is 0 Å². The Balaban J connectivity index is 0.00000140. The molecule has 4 aromatic rings. The molecule has 2 unspecified atom stereocenters. The summed E-state index contributed by atoms with van der Waals surface area (Å²) in [4.78, 5) is 0. The first kappa shape index (κ1) is 26.9. The van der Waals surface area contributed by atoms with Gasteiger partial charge in [-0.25, -0.2) is 0 Å². The Bertz CT molecular complexity index is 1460. The summed E-state index contributed by atoms with van der Waals surface area (Å²) in [6.45, 7) is 9.75. The SMILES string of the molecule is CC(C)C1=Cc2c(ccc3ccccc23)[CH]1[Hf]1([CH]2C(C(C)C)=Cc3c2ccc2ccccc32)[CH2][CH2]1.Cl.Cl. The van der Waals surface area contributed by atoms with Crippen LogP contribution in [0.2, 0.25) is 8.35 Å². The van der Waals surface area contributed by atoms with E-state index in [-0.39, 0.29) is 24.8 Å². The number of benzene rings is 4. The molecule has 2 aliphatic carbocycles. The number of halogens is 2. The van der Waals surface area contributed by atoms with Crippen LogP contribution in [0.25, 0.3) is 33.7 Å². The predicted octanol–water partition coefficient (Wildman–Crippen LogP) is 10.7. The van der Waals surface area contributed by atoms with Gasteiger partial charge in [-0.05, 0) is 0 Å². The van der Waals surface area contributed by atoms with E-state index in [0.717, 1.165) is 7.35 Å². The average molecular weight is 694 g/mol. The average Bonchev–Trinajstić information content (AvgIpc) is 3.38. The van der Waals surface area contributed by atoms with E-state index in [1.807, 2.05) is 0 Å². The van der Waals surface area contributed by atoms with Crippen LogP contribution in [0, 0.1) is 11.8 Å². The second kappa shape index (κ2) is 9.82. The van der Waals surface area contributed by atoms with Crippen LogP contribution in [-0.4, -0.2) is 0 Å². The van der Waals surface area contributed by atoms with Gasteiger partial charge in [0.1, 0.15) is 0 Å². The molecular formula is C34H36Cl2Hf. The molecule has 0 saturated carbocycles. The predicted molar refractivity (Wildman–Crippen MR) is 163 cm³/mol. The van der Waals surface area contributed by atoms with Crippen molar-refractivity contribution in [1.82, 2.24) is 0 Å². The summed E-state index contributed by atoms with van der Waals surface area (Å²) in [5, 5.41) is 5.67. The number of allylic oxidation sites excluding steroid dienone is 2. The van der Waals surface area contributed by atoms with Gasteiger partial charge in [0.25, 0.3) is 0 Å². The topological polar surface area (TPSA) is 0 Å². The Hall–Kier alpha value is -1.67. The van der Waals surface area contributed by atoms with Crippen LogP contribution >= 0.6 is 24.8 Å². The molecule has 1 saturated heterocycles. The molecule has 1 fully saturated rings. The third kappa shape index (κ3) is 3.95. The standard InChI is InChI=1S/2C16H15.C2H4.2ClH.Hf/c2*1-11(2)14-9-13-8-7-12-5-3-4-6-15(12)16(13)10-14;1-2;;;/h2*3-11H,1-2H3;1-2H2;2*1H;. The zero-order valence-corrected chi connectivity index (χ0v) is 27.3. The molecule has 1 aliphatic heterocycles. The normalized spacial score (nSPS) is 20.8. The van der Waals surface area contributed by atoms with Gasteiger partial charge in [0, 0.05) is 0 Å². The Labute approximate surface area is 238 Å². The van der Waals surface area contributed by atoms with E-state index < -0.39 is 20.0 Å². The largest absolute Gasteiger partial charge is 0.147 e. The van der Waals surface area contributed by atoms with Gasteiger partial charge < -0.3 is 0 Å². The second-order valence-corrected chi connectivity index (χ2v) is 28.4. The zero-order valence-electron chi connectivity index (χ0n) is 22.1. The van der Waals surface area contributed by atoms with Gasteiger partial charge >= 0.3 is 215 Å². The Morgan fingerprint density at radius 1 is 0.568 bits per heavy atom. The minimum Gasteiger partial charge on any atom is -0.147 e. The molecule has 0 spiro atoms. The van der Waals surface area contributed by atoms with Gasteiger partial charge in [-0.2, -0.15) is 0 Å². The Morgan fingerprint density at radius 3 is 1.35 bits per heavy atom. The van der Waals surface area contributed by atoms with E-state index in [0.29, 0.717) is 11.8 Å². The third-order valence-corrected chi connectivity index (χ3v) is 28.1. The van der Waals surface area contributed by atoms with E-state index in [2.05, 4.69) is 113 Å². The first-order valence-corrected chi connectivity index (χ1v) is 22.7. The van der Waals surface area contributed by atoms with Gasteiger partial charge in [-0.15, -0.1) is 24.8 Å². The molecule has 0 nitrogen and oxygen atoms in total. The van der Waals surface area contributed by atoms with Crippen LogP contribution in [-0.2, 0) is 20.0 Å². The van der Waals surface area contributed by atoms with Crippen molar-refractivity contribution in [3.8, 4) is 0 Å². The summed E-state index contributed by atoms with van der Waals surface area (Å²) in [7, 11) is 0. The van der Waals surface area contributed by atoms with Gasteiger partial charge in [0.05, 0.1) is 0 Å². The number of hydrogen-bond acceptors (Lipinski definition) is 0. The molecule has 37 heavy (non-hydrogen) atoms. The van der Waals surface area contributed by atoms with Crippen molar-refractivity contribution in [2.75, 3.05) is 0 Å². The van der Waals surface area contributed by atoms with Crippen LogP contribution in [0.3, 0.4) is 0 Å². The van der Waals surface area contributed by atoms with E-state index in [4.69, 9.17) is 0 Å². The smallest absolute Gasteiger partial charge is 0.147 e. The van der Waals surface area contributed by atoms with Crippen LogP contribution in [0.1, 0.15) is 57.3 Å². The van der Waals surface area contributed by atoms with Crippen LogP contribution in [0.4, 0.5) is 0 Å². The molecule has 2 atom stereocenters. The Morgan fingerprint density at radius 2 is 0.973 bits per heavy atom. The van der Waals surface area contributed by atoms with E-state index in [1.165, 1.54) is 41.0 Å². The fourth-order valence-electron chi connectivity index (χ4n) is 7.48. The van der Waals surface area contributed by atoms with Gasteiger partial charge in [0.15, 0.2) is 0 Å². The van der Waals surface area contributed by atoms with Crippen molar-refractivity contribution in [2.24, 2.45) is 11.8 Å². The van der Waals surface area contributed by atoms with E-state index in [9.17, 15) is 0 Å². The molecule has 1 heterocycles. The maximum atomic E-state index is 2.63. The molecule has 0 amide bonds. The first-order chi connectivity index (χ1) is 17.0. The van der Waals surface area contributed by atoms with Crippen molar-refractivity contribution in [1.29, 1.82) is 0 Å². The second-order valence-electron chi connectivity index (χ2n) is 11.8. The van der Waals surface area contributed by atoms with Crippen molar-refractivity contribution in [3.05, 3.63) is 106 Å². The van der Waals surface area contributed by atoms with Gasteiger partial charge in [-0.3, -0.25) is 0 Å². The minimum absolute atomic E-state index is 0. The molecular weight excluding hydrogens is 658 g/mol. The summed E-state index contributed by atoms with van der Waals surface area (Å²) in [6, 6.07) is 27.9. The van der Waals surface area contributed by atoms with E-state index in [1.54, 1.807) is 22.3 Å². The molecule has 190 valence electrons. The number of hydrogen-bond donors (Lipinski definition) is 0. The quantitative estimate of drug-likeness (QED) is 0.187. The Kier molecular flexibility index (Phi) is 7.14. The van der Waals surface area contributed by atoms with Crippen LogP contribution < -0.4 is 0 Å². The molecule has 0 aromatic heterocycles. The fourth-order valence-corrected chi connectivity index (χ4v) is 36.4. The summed E-state index contributed by atoms with van der Waals surface area (Å²) in [6.07, 6.45) is 5.25. The zero-order chi connectivity index (χ0) is 23.9. The summed E-state index contributed by atoms with van der Waals surface area (Å²) in [5.74, 6) is 1.21. The molecule has 3 heteroatoms. The molecule has 3 aliphatic rings. The summed E-state index contributed by atoms with van der Waals surface area (Å²) in [5.41, 5.74) is 9.90. The fraction of sp³-hybridized carbons (Fsp3) is 0.294. The molecule has 7 rings (SSSR count). The molecule has 0 bridgehead atoms. The first-order valence-electron chi connectivity index (χ1n) is 13.5. The van der Waals surface area contributed by atoms with Gasteiger partial charge in [-0.1, -0.05) is 0 Å². The summed E-state index contributed by atoms with van der Waals surface area (Å²) < 4.78 is 4.53. The molecule has 0 radical (unpaired) electrons. The summed E-state index contributed by atoms with van der Waals surface area (Å²) >= 11 is -2.82. The third-order valence-electron chi connectivity index (χ3n) is 9.23. The minimum atomic E-state index is -2.82. The van der Waals surface area contributed by atoms with E-state index >= 15 is 0 Å². The van der Waals surface area contributed by atoms with Crippen molar-refractivity contribution >= 4 is 58.5 Å². The van der Waals surface area contributed by atoms with Crippen molar-refractivity contribution in [2.45, 2.75) is 43.4 Å². The number of rotatable bonds is 4. The monoisotopic (exact) mass is 694 g/mol. The van der Waals surface area contributed by atoms with Crippen LogP contribution in [0.5, 0.6) is 0 Å². The molecule has 4 aromatic carbocycles. The maximum absolute atomic E-state index is 2.82. The van der Waals surface area contributed by atoms with Crippen LogP contribution in [0.15, 0.2) is 83.9 Å².